The van der Waals surface area contributed by atoms with Crippen molar-refractivity contribution in [3.8, 4) is 0 Å². The Hall–Kier alpha value is -0.800. The standard InChI is InChI=1S/C14H15Cl2FN2/c1-7-3-9(4-7)19-13-6-11(17)10(16)5-12(13)18-14(19)8(2)15/h5-9H,3-4H2,1-2H3. The summed E-state index contributed by atoms with van der Waals surface area (Å²) in [4.78, 5) is 4.52. The summed E-state index contributed by atoms with van der Waals surface area (Å²) in [5.74, 6) is 1.10. The Labute approximate surface area is 121 Å². The molecule has 1 atom stereocenters. The predicted octanol–water partition coefficient (Wildman–Crippen LogP) is 5.10. The third kappa shape index (κ3) is 2.13. The molecule has 5 heteroatoms. The van der Waals surface area contributed by atoms with Crippen LogP contribution in [0.4, 0.5) is 4.39 Å². The van der Waals surface area contributed by atoms with E-state index in [0.717, 1.165) is 24.2 Å². The molecule has 0 amide bonds. The Morgan fingerprint density at radius 3 is 2.68 bits per heavy atom. The lowest BCUT2D eigenvalue weighted by atomic mass is 9.81. The summed E-state index contributed by atoms with van der Waals surface area (Å²) < 4.78 is 15.8. The van der Waals surface area contributed by atoms with E-state index in [1.165, 1.54) is 6.07 Å². The van der Waals surface area contributed by atoms with Crippen LogP contribution in [0.1, 0.15) is 43.9 Å². The molecule has 0 N–H and O–H groups in total. The van der Waals surface area contributed by atoms with Gasteiger partial charge in [-0.3, -0.25) is 0 Å². The summed E-state index contributed by atoms with van der Waals surface area (Å²) in [7, 11) is 0. The van der Waals surface area contributed by atoms with Crippen molar-refractivity contribution in [2.24, 2.45) is 5.92 Å². The van der Waals surface area contributed by atoms with Crippen molar-refractivity contribution in [1.82, 2.24) is 9.55 Å². The highest BCUT2D eigenvalue weighted by Gasteiger charge is 2.31. The van der Waals surface area contributed by atoms with Crippen molar-refractivity contribution in [1.29, 1.82) is 0 Å². The lowest BCUT2D eigenvalue weighted by Gasteiger charge is -2.35. The van der Waals surface area contributed by atoms with Crippen LogP contribution in [-0.2, 0) is 0 Å². The van der Waals surface area contributed by atoms with Crippen molar-refractivity contribution in [2.45, 2.75) is 38.1 Å². The average molecular weight is 301 g/mol. The van der Waals surface area contributed by atoms with Crippen molar-refractivity contribution in [3.05, 3.63) is 28.8 Å². The average Bonchev–Trinajstić information content (AvgIpc) is 2.64. The second-order valence-corrected chi connectivity index (χ2v) is 6.50. The van der Waals surface area contributed by atoms with Gasteiger partial charge in [-0.25, -0.2) is 9.37 Å². The number of hydrogen-bond acceptors (Lipinski definition) is 1. The normalized spacial score (nSPS) is 24.5. The van der Waals surface area contributed by atoms with Gasteiger partial charge >= 0.3 is 0 Å². The lowest BCUT2D eigenvalue weighted by molar-refractivity contribution is 0.216. The predicted molar refractivity (Wildman–Crippen MR) is 76.4 cm³/mol. The van der Waals surface area contributed by atoms with Gasteiger partial charge in [0.25, 0.3) is 0 Å². The summed E-state index contributed by atoms with van der Waals surface area (Å²) in [5.41, 5.74) is 1.51. The van der Waals surface area contributed by atoms with Crippen LogP contribution in [0.5, 0.6) is 0 Å². The van der Waals surface area contributed by atoms with Gasteiger partial charge < -0.3 is 4.57 Å². The fraction of sp³-hybridized carbons (Fsp3) is 0.500. The SMILES string of the molecule is CC1CC(n2c(C(C)Cl)nc3cc(Cl)c(F)cc32)C1. The molecule has 1 aromatic heterocycles. The first-order valence-electron chi connectivity index (χ1n) is 6.48. The highest BCUT2D eigenvalue weighted by Crippen LogP contribution is 2.42. The molecule has 19 heavy (non-hydrogen) atoms. The third-order valence-electron chi connectivity index (χ3n) is 3.83. The molecule has 1 aliphatic rings. The van der Waals surface area contributed by atoms with Crippen molar-refractivity contribution >= 4 is 34.2 Å². The highest BCUT2D eigenvalue weighted by atomic mass is 35.5. The molecule has 1 heterocycles. The van der Waals surface area contributed by atoms with Gasteiger partial charge in [0.1, 0.15) is 11.6 Å². The molecule has 102 valence electrons. The topological polar surface area (TPSA) is 17.8 Å². The molecule has 1 unspecified atom stereocenters. The van der Waals surface area contributed by atoms with Crippen LogP contribution in [0.25, 0.3) is 11.0 Å². The maximum absolute atomic E-state index is 13.7. The summed E-state index contributed by atoms with van der Waals surface area (Å²) >= 11 is 12.0. The summed E-state index contributed by atoms with van der Waals surface area (Å²) in [6, 6.07) is 3.42. The van der Waals surface area contributed by atoms with E-state index in [9.17, 15) is 4.39 Å². The Morgan fingerprint density at radius 1 is 1.42 bits per heavy atom. The molecule has 1 fully saturated rings. The van der Waals surface area contributed by atoms with Crippen LogP contribution >= 0.6 is 23.2 Å². The van der Waals surface area contributed by atoms with Crippen LogP contribution < -0.4 is 0 Å². The minimum absolute atomic E-state index is 0.105. The van der Waals surface area contributed by atoms with E-state index in [-0.39, 0.29) is 10.4 Å². The van der Waals surface area contributed by atoms with Crippen molar-refractivity contribution in [2.75, 3.05) is 0 Å². The molecule has 0 bridgehead atoms. The number of fused-ring (bicyclic) bond motifs is 1. The zero-order chi connectivity index (χ0) is 13.7. The van der Waals surface area contributed by atoms with E-state index in [0.29, 0.717) is 17.5 Å². The first-order chi connectivity index (χ1) is 8.97. The van der Waals surface area contributed by atoms with Gasteiger partial charge in [-0.15, -0.1) is 11.6 Å². The van der Waals surface area contributed by atoms with E-state index in [4.69, 9.17) is 23.2 Å². The van der Waals surface area contributed by atoms with Crippen molar-refractivity contribution in [3.63, 3.8) is 0 Å². The largest absolute Gasteiger partial charge is 0.324 e. The van der Waals surface area contributed by atoms with Crippen LogP contribution in [0.2, 0.25) is 5.02 Å². The minimum atomic E-state index is -0.406. The second kappa shape index (κ2) is 4.64. The van der Waals surface area contributed by atoms with E-state index < -0.39 is 5.82 Å². The number of hydrogen-bond donors (Lipinski definition) is 0. The van der Waals surface area contributed by atoms with Gasteiger partial charge in [0.2, 0.25) is 0 Å². The van der Waals surface area contributed by atoms with Crippen LogP contribution in [0.3, 0.4) is 0 Å². The number of imidazole rings is 1. The lowest BCUT2D eigenvalue weighted by Crippen LogP contribution is -2.26. The van der Waals surface area contributed by atoms with Gasteiger partial charge in [0.05, 0.1) is 21.4 Å². The zero-order valence-electron chi connectivity index (χ0n) is 10.8. The van der Waals surface area contributed by atoms with Crippen molar-refractivity contribution < 1.29 is 4.39 Å². The van der Waals surface area contributed by atoms with Crippen LogP contribution in [0, 0.1) is 11.7 Å². The van der Waals surface area contributed by atoms with E-state index in [2.05, 4.69) is 16.5 Å². The van der Waals surface area contributed by atoms with E-state index >= 15 is 0 Å². The number of halogens is 3. The molecule has 0 aliphatic heterocycles. The van der Waals surface area contributed by atoms with Crippen LogP contribution in [-0.4, -0.2) is 9.55 Å². The van der Waals surface area contributed by atoms with Crippen LogP contribution in [0.15, 0.2) is 12.1 Å². The Balaban J connectivity index is 2.20. The molecule has 2 aromatic rings. The van der Waals surface area contributed by atoms with Gasteiger partial charge in [-0.05, 0) is 31.7 Å². The summed E-state index contributed by atoms with van der Waals surface area (Å²) in [6.07, 6.45) is 2.18. The molecular weight excluding hydrogens is 286 g/mol. The molecular formula is C14H15Cl2FN2. The number of nitrogens with zero attached hydrogens (tertiary/aromatic N) is 2. The fourth-order valence-corrected chi connectivity index (χ4v) is 3.16. The molecule has 2 nitrogen and oxygen atoms in total. The second-order valence-electron chi connectivity index (χ2n) is 5.44. The third-order valence-corrected chi connectivity index (χ3v) is 4.31. The number of rotatable bonds is 2. The molecule has 1 aliphatic carbocycles. The molecule has 0 radical (unpaired) electrons. The summed E-state index contributed by atoms with van der Waals surface area (Å²) in [5, 5.41) is -0.0990. The minimum Gasteiger partial charge on any atom is -0.324 e. The van der Waals surface area contributed by atoms with E-state index in [1.807, 2.05) is 6.92 Å². The van der Waals surface area contributed by atoms with Gasteiger partial charge in [-0.1, -0.05) is 18.5 Å². The number of alkyl halides is 1. The molecule has 0 spiro atoms. The molecule has 1 saturated carbocycles. The number of aromatic nitrogens is 2. The zero-order valence-corrected chi connectivity index (χ0v) is 12.3. The van der Waals surface area contributed by atoms with Gasteiger partial charge in [-0.2, -0.15) is 0 Å². The first-order valence-corrected chi connectivity index (χ1v) is 7.29. The molecule has 0 saturated heterocycles. The summed E-state index contributed by atoms with van der Waals surface area (Å²) in [6.45, 7) is 4.11. The molecule has 3 rings (SSSR count). The van der Waals surface area contributed by atoms with E-state index in [1.54, 1.807) is 6.07 Å². The Kier molecular flexibility index (Phi) is 3.22. The monoisotopic (exact) mass is 300 g/mol. The highest BCUT2D eigenvalue weighted by molar-refractivity contribution is 6.31. The Morgan fingerprint density at radius 2 is 2.11 bits per heavy atom. The fourth-order valence-electron chi connectivity index (χ4n) is 2.84. The first kappa shape index (κ1) is 13.2. The molecule has 1 aromatic carbocycles. The smallest absolute Gasteiger partial charge is 0.144 e. The Bertz CT molecular complexity index is 630. The number of benzene rings is 1. The maximum Gasteiger partial charge on any atom is 0.144 e. The van der Waals surface area contributed by atoms with Gasteiger partial charge in [0, 0.05) is 12.1 Å². The quantitative estimate of drug-likeness (QED) is 0.706. The maximum atomic E-state index is 13.7. The van der Waals surface area contributed by atoms with Gasteiger partial charge in [0.15, 0.2) is 0 Å².